The minimum atomic E-state index is -4.42. The highest BCUT2D eigenvalue weighted by atomic mass is 32.2. The lowest BCUT2D eigenvalue weighted by Crippen LogP contribution is -2.10. The van der Waals surface area contributed by atoms with Crippen molar-refractivity contribution in [3.8, 4) is 11.5 Å². The first kappa shape index (κ1) is 19.9. The van der Waals surface area contributed by atoms with Gasteiger partial charge in [0.25, 0.3) is 0 Å². The smallest absolute Gasteiger partial charge is 0.446 e. The van der Waals surface area contributed by atoms with Crippen LogP contribution in [0.4, 0.5) is 13.2 Å². The standard InChI is InChI=1S/C18H14F3N3O3S/c1-9(25)12-6-5-11(17(26)27-3)15(22-12)16-23-13-8-10(28-18(19,20)21)4-7-14(13)24(16)2/h4-8H,1-3H3. The summed E-state index contributed by atoms with van der Waals surface area (Å²) in [5.74, 6) is -0.745. The Hall–Kier alpha value is -2.88. The van der Waals surface area contributed by atoms with Gasteiger partial charge in [-0.15, -0.1) is 0 Å². The van der Waals surface area contributed by atoms with Gasteiger partial charge in [0.15, 0.2) is 11.6 Å². The van der Waals surface area contributed by atoms with Gasteiger partial charge in [-0.3, -0.25) is 4.79 Å². The molecule has 0 saturated carbocycles. The summed E-state index contributed by atoms with van der Waals surface area (Å²) in [6, 6.07) is 6.97. The average Bonchev–Trinajstić information content (AvgIpc) is 2.95. The molecule has 10 heteroatoms. The molecule has 0 aliphatic heterocycles. The van der Waals surface area contributed by atoms with Gasteiger partial charge in [0.05, 0.1) is 23.7 Å². The summed E-state index contributed by atoms with van der Waals surface area (Å²) in [7, 11) is 2.85. The van der Waals surface area contributed by atoms with E-state index in [1.165, 1.54) is 44.4 Å². The van der Waals surface area contributed by atoms with E-state index in [0.717, 1.165) is 0 Å². The number of hydrogen-bond donors (Lipinski definition) is 0. The Kier molecular flexibility index (Phi) is 5.16. The number of pyridine rings is 1. The Morgan fingerprint density at radius 3 is 2.46 bits per heavy atom. The van der Waals surface area contributed by atoms with Crippen molar-refractivity contribution in [2.45, 2.75) is 17.3 Å². The van der Waals surface area contributed by atoms with Crippen molar-refractivity contribution in [3.05, 3.63) is 41.6 Å². The number of imidazole rings is 1. The number of aryl methyl sites for hydroxylation is 1. The van der Waals surface area contributed by atoms with E-state index in [9.17, 15) is 22.8 Å². The summed E-state index contributed by atoms with van der Waals surface area (Å²) in [5.41, 5.74) is -3.23. The van der Waals surface area contributed by atoms with Crippen LogP contribution in [0.15, 0.2) is 35.2 Å². The quantitative estimate of drug-likeness (QED) is 0.365. The van der Waals surface area contributed by atoms with Gasteiger partial charge in [-0.1, -0.05) is 0 Å². The minimum Gasteiger partial charge on any atom is -0.465 e. The van der Waals surface area contributed by atoms with Crippen LogP contribution in [0.3, 0.4) is 0 Å². The van der Waals surface area contributed by atoms with E-state index < -0.39 is 11.5 Å². The van der Waals surface area contributed by atoms with Crippen molar-refractivity contribution in [2.24, 2.45) is 7.05 Å². The van der Waals surface area contributed by atoms with Crippen LogP contribution in [0.1, 0.15) is 27.8 Å². The van der Waals surface area contributed by atoms with E-state index in [4.69, 9.17) is 4.74 Å². The number of rotatable bonds is 4. The number of aromatic nitrogens is 3. The van der Waals surface area contributed by atoms with E-state index in [1.807, 2.05) is 0 Å². The molecule has 2 heterocycles. The molecule has 0 aliphatic carbocycles. The predicted molar refractivity (Wildman–Crippen MR) is 97.2 cm³/mol. The number of benzene rings is 1. The highest BCUT2D eigenvalue weighted by Crippen LogP contribution is 2.38. The van der Waals surface area contributed by atoms with Crippen LogP contribution in [0.2, 0.25) is 0 Å². The molecule has 0 aliphatic rings. The molecule has 28 heavy (non-hydrogen) atoms. The van der Waals surface area contributed by atoms with E-state index in [2.05, 4.69) is 9.97 Å². The van der Waals surface area contributed by atoms with E-state index in [1.54, 1.807) is 11.6 Å². The lowest BCUT2D eigenvalue weighted by Gasteiger charge is -2.08. The second-order valence-corrected chi connectivity index (χ2v) is 6.97. The third-order valence-electron chi connectivity index (χ3n) is 3.96. The minimum absolute atomic E-state index is 0.0108. The summed E-state index contributed by atoms with van der Waals surface area (Å²) < 4.78 is 44.3. The number of Topliss-reactive ketones (excluding diaryl/α,β-unsaturated/α-hetero) is 1. The molecule has 146 valence electrons. The SMILES string of the molecule is COC(=O)c1ccc(C(C)=O)nc1-c1nc2cc(SC(F)(F)F)ccc2n1C. The number of alkyl halides is 3. The maximum Gasteiger partial charge on any atom is 0.446 e. The van der Waals surface area contributed by atoms with E-state index in [0.29, 0.717) is 11.0 Å². The Labute approximate surface area is 161 Å². The monoisotopic (exact) mass is 409 g/mol. The van der Waals surface area contributed by atoms with Crippen LogP contribution in [0, 0.1) is 0 Å². The van der Waals surface area contributed by atoms with Crippen LogP contribution in [0.5, 0.6) is 0 Å². The number of thioether (sulfide) groups is 1. The summed E-state index contributed by atoms with van der Waals surface area (Å²) in [6.45, 7) is 1.33. The van der Waals surface area contributed by atoms with Crippen LogP contribution >= 0.6 is 11.8 Å². The molecule has 0 spiro atoms. The molecule has 6 nitrogen and oxygen atoms in total. The third-order valence-corrected chi connectivity index (χ3v) is 4.68. The third kappa shape index (κ3) is 3.86. The molecule has 0 radical (unpaired) electrons. The van der Waals surface area contributed by atoms with Gasteiger partial charge in [-0.2, -0.15) is 13.2 Å². The van der Waals surface area contributed by atoms with Gasteiger partial charge in [0, 0.05) is 18.9 Å². The Balaban J connectivity index is 2.20. The number of methoxy groups -OCH3 is 1. The van der Waals surface area contributed by atoms with Crippen molar-refractivity contribution >= 4 is 34.5 Å². The van der Waals surface area contributed by atoms with Gasteiger partial charge in [0.1, 0.15) is 11.4 Å². The zero-order valence-electron chi connectivity index (χ0n) is 15.0. The highest BCUT2D eigenvalue weighted by molar-refractivity contribution is 8.00. The molecule has 0 fully saturated rings. The van der Waals surface area contributed by atoms with Crippen molar-refractivity contribution in [1.82, 2.24) is 14.5 Å². The number of esters is 1. The van der Waals surface area contributed by atoms with Crippen molar-refractivity contribution < 1.29 is 27.5 Å². The van der Waals surface area contributed by atoms with Gasteiger partial charge < -0.3 is 9.30 Å². The van der Waals surface area contributed by atoms with Crippen molar-refractivity contribution in [2.75, 3.05) is 7.11 Å². The van der Waals surface area contributed by atoms with Crippen LogP contribution in [-0.4, -0.2) is 38.9 Å². The first-order valence-corrected chi connectivity index (χ1v) is 8.75. The fourth-order valence-corrected chi connectivity index (χ4v) is 3.26. The highest BCUT2D eigenvalue weighted by Gasteiger charge is 2.29. The number of ether oxygens (including phenoxy) is 1. The predicted octanol–water partition coefficient (Wildman–Crippen LogP) is 4.24. The summed E-state index contributed by atoms with van der Waals surface area (Å²) in [6.07, 6.45) is 0. The van der Waals surface area contributed by atoms with Gasteiger partial charge in [-0.05, 0) is 42.1 Å². The molecule has 1 aromatic carbocycles. The molecule has 3 aromatic rings. The number of carbonyl (C=O) groups is 2. The van der Waals surface area contributed by atoms with E-state index in [-0.39, 0.29) is 45.2 Å². The fraction of sp³-hybridized carbons (Fsp3) is 0.222. The largest absolute Gasteiger partial charge is 0.465 e. The summed E-state index contributed by atoms with van der Waals surface area (Å²) in [5, 5.41) is 0. The average molecular weight is 409 g/mol. The van der Waals surface area contributed by atoms with Gasteiger partial charge >= 0.3 is 11.5 Å². The van der Waals surface area contributed by atoms with Crippen molar-refractivity contribution in [1.29, 1.82) is 0 Å². The molecule has 0 N–H and O–H groups in total. The first-order chi connectivity index (χ1) is 13.1. The molecule has 3 rings (SSSR count). The van der Waals surface area contributed by atoms with Gasteiger partial charge in [0.2, 0.25) is 0 Å². The Morgan fingerprint density at radius 1 is 1.14 bits per heavy atom. The normalized spacial score (nSPS) is 11.6. The number of carbonyl (C=O) groups excluding carboxylic acids is 2. The number of hydrogen-bond acceptors (Lipinski definition) is 6. The molecule has 2 aromatic heterocycles. The lowest BCUT2D eigenvalue weighted by atomic mass is 10.1. The number of ketones is 1. The van der Waals surface area contributed by atoms with Crippen LogP contribution in [0.25, 0.3) is 22.6 Å². The first-order valence-electron chi connectivity index (χ1n) is 7.93. The lowest BCUT2D eigenvalue weighted by molar-refractivity contribution is -0.0328. The Morgan fingerprint density at radius 2 is 1.86 bits per heavy atom. The Bertz CT molecular complexity index is 1090. The van der Waals surface area contributed by atoms with Crippen molar-refractivity contribution in [3.63, 3.8) is 0 Å². The number of nitrogens with zero attached hydrogens (tertiary/aromatic N) is 3. The summed E-state index contributed by atoms with van der Waals surface area (Å²) >= 11 is -0.239. The second kappa shape index (κ2) is 7.27. The van der Waals surface area contributed by atoms with E-state index >= 15 is 0 Å². The second-order valence-electron chi connectivity index (χ2n) is 5.83. The fourth-order valence-electron chi connectivity index (χ4n) is 2.69. The molecule has 0 amide bonds. The number of fused-ring (bicyclic) bond motifs is 1. The maximum absolute atomic E-state index is 12.6. The number of halogens is 3. The zero-order valence-corrected chi connectivity index (χ0v) is 15.8. The molecule has 0 bridgehead atoms. The molecule has 0 saturated heterocycles. The molecule has 0 unspecified atom stereocenters. The van der Waals surface area contributed by atoms with Crippen LogP contribution < -0.4 is 0 Å². The van der Waals surface area contributed by atoms with Crippen LogP contribution in [-0.2, 0) is 11.8 Å². The summed E-state index contributed by atoms with van der Waals surface area (Å²) in [4.78, 5) is 32.4. The maximum atomic E-state index is 12.6. The topological polar surface area (TPSA) is 74.1 Å². The molecule has 0 atom stereocenters. The zero-order chi connectivity index (χ0) is 20.6. The molecular formula is C18H14F3N3O3S. The van der Waals surface area contributed by atoms with Gasteiger partial charge in [-0.25, -0.2) is 14.8 Å². The molecular weight excluding hydrogens is 395 g/mol.